The van der Waals surface area contributed by atoms with Gasteiger partial charge in [0.25, 0.3) is 5.56 Å². The second-order valence-electron chi connectivity index (χ2n) is 5.82. The first kappa shape index (κ1) is 15.0. The van der Waals surface area contributed by atoms with Crippen molar-refractivity contribution in [1.82, 2.24) is 14.5 Å². The average Bonchev–Trinajstić information content (AvgIpc) is 2.99. The van der Waals surface area contributed by atoms with E-state index in [9.17, 15) is 4.79 Å². The van der Waals surface area contributed by atoms with E-state index in [-0.39, 0.29) is 10.8 Å². The predicted octanol–water partition coefficient (Wildman–Crippen LogP) is 4.27. The van der Waals surface area contributed by atoms with E-state index in [2.05, 4.69) is 24.0 Å². The highest BCUT2D eigenvalue weighted by Crippen LogP contribution is 2.34. The quantitative estimate of drug-likeness (QED) is 0.449. The van der Waals surface area contributed by atoms with E-state index in [1.165, 1.54) is 5.56 Å². The van der Waals surface area contributed by atoms with Crippen LogP contribution in [-0.4, -0.2) is 14.5 Å². The molecule has 4 rings (SSSR count). The van der Waals surface area contributed by atoms with Gasteiger partial charge in [0.05, 0.1) is 0 Å². The molecule has 1 N–H and O–H groups in total. The van der Waals surface area contributed by atoms with Crippen molar-refractivity contribution >= 4 is 33.7 Å². The van der Waals surface area contributed by atoms with E-state index in [0.29, 0.717) is 5.52 Å². The molecule has 1 atom stereocenters. The normalized spacial score (nSPS) is 12.8. The smallest absolute Gasteiger partial charge is 0.278 e. The summed E-state index contributed by atoms with van der Waals surface area (Å²) in [7, 11) is 1.78. The van der Waals surface area contributed by atoms with Crippen molar-refractivity contribution in [1.29, 1.82) is 0 Å². The summed E-state index contributed by atoms with van der Waals surface area (Å²) in [4.78, 5) is 20.7. The molecular formula is C19H17N3OS. The largest absolute Gasteiger partial charge is 0.349 e. The number of para-hydroxylation sites is 1. The Morgan fingerprint density at radius 1 is 1.08 bits per heavy atom. The molecule has 4 nitrogen and oxygen atoms in total. The molecule has 0 aliphatic heterocycles. The Morgan fingerprint density at radius 2 is 1.79 bits per heavy atom. The maximum Gasteiger partial charge on any atom is 0.278 e. The number of fused-ring (bicyclic) bond motifs is 3. The van der Waals surface area contributed by atoms with Gasteiger partial charge in [0.1, 0.15) is 11.0 Å². The van der Waals surface area contributed by atoms with Gasteiger partial charge in [-0.05, 0) is 18.6 Å². The summed E-state index contributed by atoms with van der Waals surface area (Å²) in [6, 6.07) is 18.1. The number of nitrogens with zero attached hydrogens (tertiary/aromatic N) is 2. The van der Waals surface area contributed by atoms with Crippen molar-refractivity contribution in [2.75, 3.05) is 0 Å². The third-order valence-corrected chi connectivity index (χ3v) is 5.44. The van der Waals surface area contributed by atoms with Gasteiger partial charge in [-0.2, -0.15) is 0 Å². The lowest BCUT2D eigenvalue weighted by molar-refractivity contribution is 0.723. The number of nitrogens with one attached hydrogen (secondary N) is 1. The van der Waals surface area contributed by atoms with Crippen LogP contribution in [0.2, 0.25) is 0 Å². The van der Waals surface area contributed by atoms with Crippen LogP contribution in [0.4, 0.5) is 0 Å². The van der Waals surface area contributed by atoms with Crippen molar-refractivity contribution in [3.63, 3.8) is 0 Å². The molecule has 0 fully saturated rings. The number of rotatable bonds is 3. The van der Waals surface area contributed by atoms with E-state index in [1.807, 2.05) is 42.5 Å². The fourth-order valence-electron chi connectivity index (χ4n) is 2.88. The molecule has 0 saturated heterocycles. The summed E-state index contributed by atoms with van der Waals surface area (Å²) in [5.41, 5.74) is 3.43. The lowest BCUT2D eigenvalue weighted by Gasteiger charge is -2.13. The number of benzene rings is 2. The van der Waals surface area contributed by atoms with Gasteiger partial charge < -0.3 is 4.98 Å². The van der Waals surface area contributed by atoms with Crippen LogP contribution in [0.15, 0.2) is 64.5 Å². The number of aromatic nitrogens is 3. The third kappa shape index (κ3) is 2.41. The molecule has 0 saturated carbocycles. The van der Waals surface area contributed by atoms with E-state index in [0.717, 1.165) is 21.6 Å². The molecule has 120 valence electrons. The second kappa shape index (κ2) is 5.83. The first-order chi connectivity index (χ1) is 11.6. The predicted molar refractivity (Wildman–Crippen MR) is 99.6 cm³/mol. The van der Waals surface area contributed by atoms with Crippen LogP contribution in [0.5, 0.6) is 0 Å². The highest BCUT2D eigenvalue weighted by molar-refractivity contribution is 7.99. The molecule has 5 heteroatoms. The third-order valence-electron chi connectivity index (χ3n) is 4.24. The number of thioether (sulfide) groups is 1. The van der Waals surface area contributed by atoms with Gasteiger partial charge in [0, 0.05) is 23.2 Å². The Hall–Kier alpha value is -2.53. The molecule has 2 heterocycles. The summed E-state index contributed by atoms with van der Waals surface area (Å²) in [6.07, 6.45) is 0. The lowest BCUT2D eigenvalue weighted by Crippen LogP contribution is -2.20. The number of hydrogen-bond donors (Lipinski definition) is 1. The zero-order valence-corrected chi connectivity index (χ0v) is 14.3. The minimum atomic E-state index is -0.0426. The number of aromatic amines is 1. The molecule has 0 bridgehead atoms. The first-order valence-corrected chi connectivity index (χ1v) is 8.72. The molecule has 2 aromatic carbocycles. The summed E-state index contributed by atoms with van der Waals surface area (Å²) in [5.74, 6) is 0. The minimum Gasteiger partial charge on any atom is -0.349 e. The van der Waals surface area contributed by atoms with Crippen LogP contribution in [0.3, 0.4) is 0 Å². The Kier molecular flexibility index (Phi) is 3.65. The average molecular weight is 335 g/mol. The molecule has 0 aliphatic carbocycles. The van der Waals surface area contributed by atoms with Gasteiger partial charge in [-0.3, -0.25) is 9.36 Å². The number of hydrogen-bond acceptors (Lipinski definition) is 3. The van der Waals surface area contributed by atoms with Crippen LogP contribution in [0, 0.1) is 0 Å². The van der Waals surface area contributed by atoms with Crippen LogP contribution in [0.25, 0.3) is 21.9 Å². The second-order valence-corrected chi connectivity index (χ2v) is 7.13. The molecule has 2 aromatic heterocycles. The highest BCUT2D eigenvalue weighted by atomic mass is 32.2. The van der Waals surface area contributed by atoms with Crippen molar-refractivity contribution < 1.29 is 0 Å². The molecular weight excluding hydrogens is 318 g/mol. The summed E-state index contributed by atoms with van der Waals surface area (Å²) in [5, 5.41) is 1.93. The maximum atomic E-state index is 12.7. The molecule has 0 amide bonds. The van der Waals surface area contributed by atoms with E-state index in [1.54, 1.807) is 23.4 Å². The Bertz CT molecular complexity index is 1080. The van der Waals surface area contributed by atoms with E-state index < -0.39 is 0 Å². The minimum absolute atomic E-state index is 0.0426. The lowest BCUT2D eigenvalue weighted by atomic mass is 10.2. The Morgan fingerprint density at radius 3 is 2.58 bits per heavy atom. The SMILES string of the molecule is C[C@H](Sc1nc2c([nH]c3ccccc32)c(=O)n1C)c1ccccc1. The Balaban J connectivity index is 1.85. The molecule has 0 unspecified atom stereocenters. The van der Waals surface area contributed by atoms with Crippen LogP contribution < -0.4 is 5.56 Å². The van der Waals surface area contributed by atoms with Gasteiger partial charge in [-0.15, -0.1) is 0 Å². The standard InChI is InChI=1S/C19H17N3OS/c1-12(13-8-4-3-5-9-13)24-19-21-16-14-10-6-7-11-15(14)20-17(16)18(23)22(19)2/h3-12,20H,1-2H3/t12-/m0/s1. The highest BCUT2D eigenvalue weighted by Gasteiger charge is 2.16. The fourth-order valence-corrected chi connectivity index (χ4v) is 3.87. The van der Waals surface area contributed by atoms with Gasteiger partial charge in [0.2, 0.25) is 0 Å². The van der Waals surface area contributed by atoms with Crippen molar-refractivity contribution in [2.24, 2.45) is 7.05 Å². The van der Waals surface area contributed by atoms with Gasteiger partial charge in [0.15, 0.2) is 5.16 Å². The zero-order chi connectivity index (χ0) is 16.7. The maximum absolute atomic E-state index is 12.7. The molecule has 0 radical (unpaired) electrons. The van der Waals surface area contributed by atoms with Gasteiger partial charge >= 0.3 is 0 Å². The molecule has 4 aromatic rings. The molecule has 24 heavy (non-hydrogen) atoms. The van der Waals surface area contributed by atoms with Crippen molar-refractivity contribution in [2.45, 2.75) is 17.3 Å². The Labute approximate surface area is 143 Å². The molecule has 0 spiro atoms. The summed E-state index contributed by atoms with van der Waals surface area (Å²) < 4.78 is 1.63. The summed E-state index contributed by atoms with van der Waals surface area (Å²) in [6.45, 7) is 2.13. The van der Waals surface area contributed by atoms with Gasteiger partial charge in [-0.1, -0.05) is 60.3 Å². The van der Waals surface area contributed by atoms with Gasteiger partial charge in [-0.25, -0.2) is 4.98 Å². The fraction of sp³-hybridized carbons (Fsp3) is 0.158. The first-order valence-electron chi connectivity index (χ1n) is 7.84. The molecule has 0 aliphatic rings. The zero-order valence-electron chi connectivity index (χ0n) is 13.5. The van der Waals surface area contributed by atoms with Crippen LogP contribution >= 0.6 is 11.8 Å². The van der Waals surface area contributed by atoms with E-state index in [4.69, 9.17) is 4.98 Å². The van der Waals surface area contributed by atoms with Crippen LogP contribution in [-0.2, 0) is 7.05 Å². The topological polar surface area (TPSA) is 50.7 Å². The van der Waals surface area contributed by atoms with Crippen LogP contribution in [0.1, 0.15) is 17.7 Å². The number of H-pyrrole nitrogens is 1. The summed E-state index contributed by atoms with van der Waals surface area (Å²) >= 11 is 1.60. The monoisotopic (exact) mass is 335 g/mol. The van der Waals surface area contributed by atoms with E-state index >= 15 is 0 Å². The van der Waals surface area contributed by atoms with Crippen molar-refractivity contribution in [3.05, 3.63) is 70.5 Å². The van der Waals surface area contributed by atoms with Crippen molar-refractivity contribution in [3.8, 4) is 0 Å².